The molecule has 0 unspecified atom stereocenters. The topological polar surface area (TPSA) is 95.3 Å². The van der Waals surface area contributed by atoms with Gasteiger partial charge >= 0.3 is 5.97 Å². The van der Waals surface area contributed by atoms with Crippen molar-refractivity contribution in [1.29, 1.82) is 0 Å². The molecule has 1 amide bonds. The minimum atomic E-state index is -0.430. The van der Waals surface area contributed by atoms with Crippen molar-refractivity contribution in [1.82, 2.24) is 14.8 Å². The van der Waals surface area contributed by atoms with Gasteiger partial charge in [-0.1, -0.05) is 32.0 Å². The lowest BCUT2D eigenvalue weighted by Crippen LogP contribution is -2.16. The zero-order valence-electron chi connectivity index (χ0n) is 19.9. The van der Waals surface area contributed by atoms with Crippen LogP contribution in [0.15, 0.2) is 35.5 Å². The second-order valence-electron chi connectivity index (χ2n) is 7.46. The Kier molecular flexibility index (Phi) is 9.52. The summed E-state index contributed by atoms with van der Waals surface area (Å²) >= 11 is 2.67. The lowest BCUT2D eigenvalue weighted by molar-refractivity contribution is -0.113. The second kappa shape index (κ2) is 12.6. The molecule has 3 rings (SSSR count). The van der Waals surface area contributed by atoms with Crippen molar-refractivity contribution < 1.29 is 19.1 Å². The standard InChI is InChI=1S/C24H30N4O4S2/c1-5-8-13-32-17-11-9-16(10-12-17)21-26-27-24(28(21)4)33-15-20(29)25-22-19(23(30)31-7-3)14-18(6-2)34-22/h9-12,14H,5-8,13,15H2,1-4H3,(H,25,29). The summed E-state index contributed by atoms with van der Waals surface area (Å²) in [6, 6.07) is 9.52. The lowest BCUT2D eigenvalue weighted by atomic mass is 10.2. The van der Waals surface area contributed by atoms with Crippen molar-refractivity contribution in [3.05, 3.63) is 40.8 Å². The van der Waals surface area contributed by atoms with E-state index in [1.807, 2.05) is 42.8 Å². The van der Waals surface area contributed by atoms with Crippen molar-refractivity contribution in [2.75, 3.05) is 24.3 Å². The lowest BCUT2D eigenvalue weighted by Gasteiger charge is -2.07. The number of hydrogen-bond donors (Lipinski definition) is 1. The smallest absolute Gasteiger partial charge is 0.341 e. The number of thiophene rings is 1. The Balaban J connectivity index is 1.61. The monoisotopic (exact) mass is 502 g/mol. The molecule has 8 nitrogen and oxygen atoms in total. The number of carbonyl (C=O) groups excluding carboxylic acids is 2. The highest BCUT2D eigenvalue weighted by Gasteiger charge is 2.19. The van der Waals surface area contributed by atoms with E-state index in [-0.39, 0.29) is 18.3 Å². The molecule has 0 fully saturated rings. The van der Waals surface area contributed by atoms with E-state index in [2.05, 4.69) is 22.4 Å². The first-order valence-electron chi connectivity index (χ1n) is 11.3. The normalized spacial score (nSPS) is 10.8. The summed E-state index contributed by atoms with van der Waals surface area (Å²) in [5.41, 5.74) is 1.31. The Morgan fingerprint density at radius 1 is 1.15 bits per heavy atom. The van der Waals surface area contributed by atoms with Gasteiger partial charge in [0.15, 0.2) is 11.0 Å². The van der Waals surface area contributed by atoms with Crippen LogP contribution in [0.4, 0.5) is 5.00 Å². The summed E-state index contributed by atoms with van der Waals surface area (Å²) in [6.45, 7) is 6.87. The predicted octanol–water partition coefficient (Wildman–Crippen LogP) is 5.19. The summed E-state index contributed by atoms with van der Waals surface area (Å²) in [5.74, 6) is 1.02. The highest BCUT2D eigenvalue weighted by Crippen LogP contribution is 2.30. The van der Waals surface area contributed by atoms with Crippen molar-refractivity contribution in [3.63, 3.8) is 0 Å². The van der Waals surface area contributed by atoms with Gasteiger partial charge in [0.25, 0.3) is 0 Å². The number of thioether (sulfide) groups is 1. The van der Waals surface area contributed by atoms with E-state index in [0.29, 0.717) is 28.2 Å². The number of ether oxygens (including phenoxy) is 2. The number of carbonyl (C=O) groups is 2. The van der Waals surface area contributed by atoms with Gasteiger partial charge in [-0.05, 0) is 50.1 Å². The molecule has 34 heavy (non-hydrogen) atoms. The molecule has 1 aromatic carbocycles. The molecule has 0 aliphatic carbocycles. The Bertz CT molecular complexity index is 1110. The van der Waals surface area contributed by atoms with Crippen LogP contribution >= 0.6 is 23.1 Å². The second-order valence-corrected chi connectivity index (χ2v) is 9.54. The van der Waals surface area contributed by atoms with Crippen LogP contribution in [0.1, 0.15) is 48.8 Å². The first kappa shape index (κ1) is 25.8. The molecule has 0 radical (unpaired) electrons. The third-order valence-corrected chi connectivity index (χ3v) is 7.14. The molecule has 0 atom stereocenters. The molecule has 0 aliphatic rings. The molecular weight excluding hydrogens is 472 g/mol. The maximum absolute atomic E-state index is 12.6. The fourth-order valence-electron chi connectivity index (χ4n) is 3.09. The van der Waals surface area contributed by atoms with Crippen LogP contribution in [-0.2, 0) is 23.0 Å². The van der Waals surface area contributed by atoms with E-state index in [9.17, 15) is 9.59 Å². The van der Waals surface area contributed by atoms with Crippen molar-refractivity contribution in [2.24, 2.45) is 7.05 Å². The Morgan fingerprint density at radius 2 is 1.91 bits per heavy atom. The van der Waals surface area contributed by atoms with Gasteiger partial charge in [0.1, 0.15) is 10.8 Å². The predicted molar refractivity (Wildman–Crippen MR) is 136 cm³/mol. The molecule has 1 N–H and O–H groups in total. The van der Waals surface area contributed by atoms with E-state index >= 15 is 0 Å². The number of nitrogens with zero attached hydrogens (tertiary/aromatic N) is 3. The Morgan fingerprint density at radius 3 is 2.59 bits per heavy atom. The van der Waals surface area contributed by atoms with Crippen LogP contribution < -0.4 is 10.1 Å². The maximum Gasteiger partial charge on any atom is 0.341 e. The Labute approximate surface area is 208 Å². The van der Waals surface area contributed by atoms with Gasteiger partial charge in [-0.15, -0.1) is 21.5 Å². The molecule has 0 saturated heterocycles. The number of unbranched alkanes of at least 4 members (excludes halogenated alkanes) is 1. The summed E-state index contributed by atoms with van der Waals surface area (Å²) in [4.78, 5) is 25.8. The first-order chi connectivity index (χ1) is 16.5. The minimum Gasteiger partial charge on any atom is -0.494 e. The zero-order chi connectivity index (χ0) is 24.5. The number of hydrogen-bond acceptors (Lipinski definition) is 8. The van der Waals surface area contributed by atoms with Crippen molar-refractivity contribution in [3.8, 4) is 17.1 Å². The van der Waals surface area contributed by atoms with Gasteiger partial charge in [0, 0.05) is 17.5 Å². The van der Waals surface area contributed by atoms with Gasteiger partial charge in [-0.3, -0.25) is 4.79 Å². The van der Waals surface area contributed by atoms with Crippen LogP contribution in [0.5, 0.6) is 5.75 Å². The highest BCUT2D eigenvalue weighted by molar-refractivity contribution is 7.99. The minimum absolute atomic E-state index is 0.137. The third kappa shape index (κ3) is 6.60. The van der Waals surface area contributed by atoms with Crippen LogP contribution in [0.2, 0.25) is 0 Å². The molecule has 0 spiro atoms. The molecule has 2 aromatic heterocycles. The van der Waals surface area contributed by atoms with Gasteiger partial charge in [-0.25, -0.2) is 4.79 Å². The fourth-order valence-corrected chi connectivity index (χ4v) is 4.80. The number of amides is 1. The third-order valence-electron chi connectivity index (χ3n) is 4.93. The SMILES string of the molecule is CCCCOc1ccc(-c2nnc(SCC(=O)Nc3sc(CC)cc3C(=O)OCC)n2C)cc1. The molecule has 3 aromatic rings. The van der Waals surface area contributed by atoms with E-state index < -0.39 is 5.97 Å². The van der Waals surface area contributed by atoms with E-state index in [4.69, 9.17) is 9.47 Å². The quantitative estimate of drug-likeness (QED) is 0.207. The van der Waals surface area contributed by atoms with E-state index in [1.54, 1.807) is 13.0 Å². The molecular formula is C24H30N4O4S2. The van der Waals surface area contributed by atoms with Gasteiger partial charge in [0.2, 0.25) is 5.91 Å². The van der Waals surface area contributed by atoms with Crippen LogP contribution in [0, 0.1) is 0 Å². The number of anilines is 1. The largest absolute Gasteiger partial charge is 0.494 e. The highest BCUT2D eigenvalue weighted by atomic mass is 32.2. The summed E-state index contributed by atoms with van der Waals surface area (Å²) in [7, 11) is 1.87. The molecule has 2 heterocycles. The van der Waals surface area contributed by atoms with Crippen molar-refractivity contribution >= 4 is 40.0 Å². The van der Waals surface area contributed by atoms with E-state index in [1.165, 1.54) is 23.1 Å². The molecule has 0 saturated carbocycles. The van der Waals surface area contributed by atoms with Crippen molar-refractivity contribution in [2.45, 2.75) is 45.2 Å². The zero-order valence-corrected chi connectivity index (χ0v) is 21.6. The van der Waals surface area contributed by atoms with Crippen LogP contribution in [-0.4, -0.2) is 45.6 Å². The summed E-state index contributed by atoms with van der Waals surface area (Å²) in [6.07, 6.45) is 2.89. The van der Waals surface area contributed by atoms with Crippen LogP contribution in [0.25, 0.3) is 11.4 Å². The Hall–Kier alpha value is -2.85. The van der Waals surface area contributed by atoms with Gasteiger partial charge in [0.05, 0.1) is 24.5 Å². The number of aromatic nitrogens is 3. The molecule has 0 aliphatic heterocycles. The van der Waals surface area contributed by atoms with Crippen LogP contribution in [0.3, 0.4) is 0 Å². The van der Waals surface area contributed by atoms with E-state index in [0.717, 1.165) is 35.5 Å². The van der Waals surface area contributed by atoms with Gasteiger partial charge < -0.3 is 19.4 Å². The number of aryl methyl sites for hydroxylation is 1. The fraction of sp³-hybridized carbons (Fsp3) is 0.417. The average molecular weight is 503 g/mol. The first-order valence-corrected chi connectivity index (χ1v) is 13.1. The average Bonchev–Trinajstić information content (AvgIpc) is 3.41. The molecule has 10 heteroatoms. The molecule has 0 bridgehead atoms. The maximum atomic E-state index is 12.6. The summed E-state index contributed by atoms with van der Waals surface area (Å²) in [5, 5.41) is 12.5. The summed E-state index contributed by atoms with van der Waals surface area (Å²) < 4.78 is 12.7. The number of benzene rings is 1. The number of esters is 1. The molecule has 182 valence electrons. The number of rotatable bonds is 12. The van der Waals surface area contributed by atoms with Gasteiger partial charge in [-0.2, -0.15) is 0 Å². The number of nitrogens with one attached hydrogen (secondary N) is 1.